The van der Waals surface area contributed by atoms with Crippen molar-refractivity contribution in [3.63, 3.8) is 0 Å². The average Bonchev–Trinajstić information content (AvgIpc) is 2.90. The number of ether oxygens (including phenoxy) is 1. The van der Waals surface area contributed by atoms with Gasteiger partial charge in [-0.3, -0.25) is 14.6 Å². The Balaban J connectivity index is 1.73. The van der Waals surface area contributed by atoms with Crippen molar-refractivity contribution in [1.29, 1.82) is 0 Å². The molecule has 0 N–H and O–H groups in total. The number of rotatable bonds is 4. The zero-order chi connectivity index (χ0) is 16.4. The summed E-state index contributed by atoms with van der Waals surface area (Å²) in [6.07, 6.45) is 0.341. The van der Waals surface area contributed by atoms with Crippen LogP contribution < -0.4 is 4.90 Å². The van der Waals surface area contributed by atoms with Crippen LogP contribution >= 0.6 is 11.3 Å². The number of likely N-dealkylation sites (N-methyl/N-ethyl adjacent to an activating group) is 1. The Bertz CT molecular complexity index is 644. The molecule has 1 amide bonds. The molecule has 0 saturated carbocycles. The molecule has 124 valence electrons. The molecule has 0 radical (unpaired) electrons. The highest BCUT2D eigenvalue weighted by Gasteiger charge is 2.26. The molecule has 0 bridgehead atoms. The third kappa shape index (κ3) is 3.71. The fraction of sp³-hybridized carbons (Fsp3) is 0.529. The van der Waals surface area contributed by atoms with Gasteiger partial charge in [0.2, 0.25) is 5.91 Å². The van der Waals surface area contributed by atoms with Crippen LogP contribution in [0, 0.1) is 0 Å². The standard InChI is InChI=1S/C17H23N3O2S/c1-4-20(17-18-14-7-5-6-8-15(14)23-17)16(21)11-19-9-12(2)22-13(3)10-19/h5-8,12-13H,4,9-11H2,1-3H3/t12-,13-/m0/s1. The molecule has 2 aromatic rings. The van der Waals surface area contributed by atoms with E-state index in [4.69, 9.17) is 4.74 Å². The van der Waals surface area contributed by atoms with Crippen molar-refractivity contribution in [2.75, 3.05) is 31.1 Å². The Kier molecular flexibility index (Phi) is 4.94. The molecule has 0 unspecified atom stereocenters. The van der Waals surface area contributed by atoms with Crippen LogP contribution in [0.4, 0.5) is 5.13 Å². The topological polar surface area (TPSA) is 45.7 Å². The van der Waals surface area contributed by atoms with Crippen molar-refractivity contribution in [2.24, 2.45) is 0 Å². The van der Waals surface area contributed by atoms with E-state index in [-0.39, 0.29) is 18.1 Å². The predicted octanol–water partition coefficient (Wildman–Crippen LogP) is 2.76. The second-order valence-corrected chi connectivity index (χ2v) is 7.06. The van der Waals surface area contributed by atoms with Crippen LogP contribution in [0.5, 0.6) is 0 Å². The Labute approximate surface area is 140 Å². The van der Waals surface area contributed by atoms with Crippen molar-refractivity contribution in [2.45, 2.75) is 33.0 Å². The van der Waals surface area contributed by atoms with Gasteiger partial charge in [0.25, 0.3) is 0 Å². The highest BCUT2D eigenvalue weighted by Crippen LogP contribution is 2.28. The molecule has 1 saturated heterocycles. The molecule has 1 aromatic carbocycles. The molecule has 1 aliphatic rings. The molecular weight excluding hydrogens is 310 g/mol. The Morgan fingerprint density at radius 2 is 2.04 bits per heavy atom. The monoisotopic (exact) mass is 333 g/mol. The van der Waals surface area contributed by atoms with E-state index >= 15 is 0 Å². The summed E-state index contributed by atoms with van der Waals surface area (Å²) in [7, 11) is 0. The summed E-state index contributed by atoms with van der Waals surface area (Å²) in [5.41, 5.74) is 0.951. The van der Waals surface area contributed by atoms with Crippen LogP contribution in [0.25, 0.3) is 10.2 Å². The maximum Gasteiger partial charge on any atom is 0.242 e. The number of nitrogens with zero attached hydrogens (tertiary/aromatic N) is 3. The summed E-state index contributed by atoms with van der Waals surface area (Å²) >= 11 is 1.57. The van der Waals surface area contributed by atoms with Gasteiger partial charge in [0.15, 0.2) is 5.13 Å². The minimum Gasteiger partial charge on any atom is -0.373 e. The minimum atomic E-state index is 0.104. The van der Waals surface area contributed by atoms with Crippen molar-refractivity contribution in [3.05, 3.63) is 24.3 Å². The molecular formula is C17H23N3O2S. The van der Waals surface area contributed by atoms with Gasteiger partial charge in [-0.2, -0.15) is 0 Å². The number of carbonyl (C=O) groups excluding carboxylic acids is 1. The van der Waals surface area contributed by atoms with Crippen LogP contribution in [0.2, 0.25) is 0 Å². The zero-order valence-corrected chi connectivity index (χ0v) is 14.7. The fourth-order valence-electron chi connectivity index (χ4n) is 3.08. The van der Waals surface area contributed by atoms with Gasteiger partial charge >= 0.3 is 0 Å². The molecule has 0 spiro atoms. The van der Waals surface area contributed by atoms with Crippen LogP contribution in [0.15, 0.2) is 24.3 Å². The van der Waals surface area contributed by atoms with Crippen molar-refractivity contribution >= 4 is 32.6 Å². The van der Waals surface area contributed by atoms with Gasteiger partial charge in [0.1, 0.15) is 0 Å². The van der Waals surface area contributed by atoms with E-state index in [1.165, 1.54) is 0 Å². The Morgan fingerprint density at radius 3 is 2.70 bits per heavy atom. The maximum atomic E-state index is 12.7. The number of anilines is 1. The van der Waals surface area contributed by atoms with E-state index in [1.54, 1.807) is 16.2 Å². The lowest BCUT2D eigenvalue weighted by atomic mass is 10.2. The first-order chi connectivity index (χ1) is 11.1. The van der Waals surface area contributed by atoms with E-state index in [0.29, 0.717) is 13.1 Å². The smallest absolute Gasteiger partial charge is 0.242 e. The first kappa shape index (κ1) is 16.4. The molecule has 0 aliphatic carbocycles. The van der Waals surface area contributed by atoms with E-state index in [0.717, 1.165) is 28.4 Å². The van der Waals surface area contributed by atoms with Crippen LogP contribution in [0.3, 0.4) is 0 Å². The number of fused-ring (bicyclic) bond motifs is 1. The van der Waals surface area contributed by atoms with Gasteiger partial charge in [0, 0.05) is 19.6 Å². The van der Waals surface area contributed by atoms with Gasteiger partial charge in [-0.15, -0.1) is 0 Å². The Hall–Kier alpha value is -1.50. The summed E-state index contributed by atoms with van der Waals surface area (Å²) in [6.45, 7) is 8.75. The van der Waals surface area contributed by atoms with E-state index in [2.05, 4.69) is 23.7 Å². The quantitative estimate of drug-likeness (QED) is 0.863. The summed E-state index contributed by atoms with van der Waals surface area (Å²) in [6, 6.07) is 8.00. The number of hydrogen-bond donors (Lipinski definition) is 0. The number of morpholine rings is 1. The number of para-hydroxylation sites is 1. The van der Waals surface area contributed by atoms with E-state index < -0.39 is 0 Å². The molecule has 2 heterocycles. The van der Waals surface area contributed by atoms with Gasteiger partial charge < -0.3 is 4.74 Å². The lowest BCUT2D eigenvalue weighted by Crippen LogP contribution is -2.49. The molecule has 1 fully saturated rings. The molecule has 6 heteroatoms. The van der Waals surface area contributed by atoms with Gasteiger partial charge in [-0.1, -0.05) is 23.5 Å². The van der Waals surface area contributed by atoms with Crippen LogP contribution in [-0.4, -0.2) is 54.2 Å². The zero-order valence-electron chi connectivity index (χ0n) is 13.9. The molecule has 23 heavy (non-hydrogen) atoms. The van der Waals surface area contributed by atoms with E-state index in [9.17, 15) is 4.79 Å². The number of amides is 1. The lowest BCUT2D eigenvalue weighted by molar-refractivity contribution is -0.123. The minimum absolute atomic E-state index is 0.104. The number of carbonyl (C=O) groups is 1. The summed E-state index contributed by atoms with van der Waals surface area (Å²) in [4.78, 5) is 21.3. The summed E-state index contributed by atoms with van der Waals surface area (Å²) in [5.74, 6) is 0.104. The molecule has 2 atom stereocenters. The molecule has 1 aliphatic heterocycles. The van der Waals surface area contributed by atoms with Gasteiger partial charge in [-0.25, -0.2) is 4.98 Å². The number of aromatic nitrogens is 1. The molecule has 5 nitrogen and oxygen atoms in total. The van der Waals surface area contributed by atoms with Crippen LogP contribution in [-0.2, 0) is 9.53 Å². The fourth-order valence-corrected chi connectivity index (χ4v) is 4.13. The maximum absolute atomic E-state index is 12.7. The first-order valence-corrected chi connectivity index (χ1v) is 8.92. The van der Waals surface area contributed by atoms with Crippen molar-refractivity contribution in [3.8, 4) is 0 Å². The number of thiazole rings is 1. The summed E-state index contributed by atoms with van der Waals surface area (Å²) in [5, 5.41) is 0.785. The third-order valence-electron chi connectivity index (χ3n) is 3.98. The van der Waals surface area contributed by atoms with Crippen molar-refractivity contribution in [1.82, 2.24) is 9.88 Å². The highest BCUT2D eigenvalue weighted by atomic mass is 32.1. The average molecular weight is 333 g/mol. The predicted molar refractivity (Wildman–Crippen MR) is 94.1 cm³/mol. The molecule has 3 rings (SSSR count). The third-order valence-corrected chi connectivity index (χ3v) is 5.04. The number of hydrogen-bond acceptors (Lipinski definition) is 5. The Morgan fingerprint density at radius 1 is 1.35 bits per heavy atom. The van der Waals surface area contributed by atoms with Gasteiger partial charge in [-0.05, 0) is 32.9 Å². The lowest BCUT2D eigenvalue weighted by Gasteiger charge is -2.35. The largest absolute Gasteiger partial charge is 0.373 e. The SMILES string of the molecule is CCN(C(=O)CN1C[C@H](C)O[C@@H](C)C1)c1nc2ccccc2s1. The normalized spacial score (nSPS) is 22.4. The first-order valence-electron chi connectivity index (χ1n) is 8.10. The molecule has 1 aromatic heterocycles. The van der Waals surface area contributed by atoms with Crippen LogP contribution in [0.1, 0.15) is 20.8 Å². The second-order valence-electron chi connectivity index (χ2n) is 6.05. The second kappa shape index (κ2) is 6.95. The van der Waals surface area contributed by atoms with Crippen molar-refractivity contribution < 1.29 is 9.53 Å². The van der Waals surface area contributed by atoms with Gasteiger partial charge in [0.05, 0.1) is 29.0 Å². The number of benzene rings is 1. The van der Waals surface area contributed by atoms with E-state index in [1.807, 2.05) is 31.2 Å². The highest BCUT2D eigenvalue weighted by molar-refractivity contribution is 7.22. The summed E-state index contributed by atoms with van der Waals surface area (Å²) < 4.78 is 6.85.